The van der Waals surface area contributed by atoms with Crippen LogP contribution in [0.1, 0.15) is 26.0 Å². The molecule has 0 saturated heterocycles. The molecular formula is C9H14N2O2. The molecule has 1 aromatic heterocycles. The number of nitrogens with one attached hydrogen (secondary N) is 1. The van der Waals surface area contributed by atoms with Gasteiger partial charge in [-0.05, 0) is 12.8 Å². The Hall–Kier alpha value is -1.32. The summed E-state index contributed by atoms with van der Waals surface area (Å²) in [5, 5.41) is 6.31. The molecule has 0 saturated carbocycles. The molecule has 0 aromatic carbocycles. The van der Waals surface area contributed by atoms with Crippen molar-refractivity contribution in [3.05, 3.63) is 11.8 Å². The van der Waals surface area contributed by atoms with Gasteiger partial charge in [0.25, 0.3) is 0 Å². The standard InChI is InChI=1S/C9H14N2O2/c1-6(2)4-9(12)10-8-5-7(3)13-11-8/h5-6H,4H2,1-3H3,(H,10,11,12). The number of amides is 1. The van der Waals surface area contributed by atoms with Crippen LogP contribution in [0.2, 0.25) is 0 Å². The number of hydrogen-bond acceptors (Lipinski definition) is 3. The summed E-state index contributed by atoms with van der Waals surface area (Å²) in [5.74, 6) is 1.51. The third-order valence-corrected chi connectivity index (χ3v) is 1.49. The van der Waals surface area contributed by atoms with Gasteiger partial charge in [-0.2, -0.15) is 0 Å². The van der Waals surface area contributed by atoms with Gasteiger partial charge in [-0.1, -0.05) is 19.0 Å². The Morgan fingerprint density at radius 2 is 2.38 bits per heavy atom. The van der Waals surface area contributed by atoms with Crippen molar-refractivity contribution in [1.29, 1.82) is 0 Å². The summed E-state index contributed by atoms with van der Waals surface area (Å²) in [5.41, 5.74) is 0. The quantitative estimate of drug-likeness (QED) is 0.777. The average Bonchev–Trinajstić information content (AvgIpc) is 2.33. The molecule has 4 nitrogen and oxygen atoms in total. The van der Waals surface area contributed by atoms with Crippen LogP contribution in [0.15, 0.2) is 10.6 Å². The van der Waals surface area contributed by atoms with Crippen molar-refractivity contribution in [2.75, 3.05) is 5.32 Å². The Balaban J connectivity index is 2.45. The van der Waals surface area contributed by atoms with Crippen LogP contribution in [0.3, 0.4) is 0 Å². The second-order valence-corrected chi connectivity index (χ2v) is 3.47. The molecule has 1 N–H and O–H groups in total. The zero-order chi connectivity index (χ0) is 9.84. The molecule has 0 atom stereocenters. The Bertz CT molecular complexity index is 292. The minimum absolute atomic E-state index is 0.0247. The summed E-state index contributed by atoms with van der Waals surface area (Å²) >= 11 is 0. The van der Waals surface area contributed by atoms with Gasteiger partial charge in [0.1, 0.15) is 5.76 Å². The topological polar surface area (TPSA) is 55.1 Å². The zero-order valence-electron chi connectivity index (χ0n) is 8.13. The molecule has 0 unspecified atom stereocenters. The minimum Gasteiger partial charge on any atom is -0.360 e. The molecule has 0 bridgehead atoms. The highest BCUT2D eigenvalue weighted by atomic mass is 16.5. The van der Waals surface area contributed by atoms with E-state index in [0.717, 1.165) is 0 Å². The summed E-state index contributed by atoms with van der Waals surface area (Å²) in [4.78, 5) is 11.2. The van der Waals surface area contributed by atoms with Gasteiger partial charge in [-0.15, -0.1) is 0 Å². The van der Waals surface area contributed by atoms with Gasteiger partial charge in [0.05, 0.1) is 0 Å². The molecule has 0 fully saturated rings. The van der Waals surface area contributed by atoms with Crippen molar-refractivity contribution in [3.8, 4) is 0 Å². The lowest BCUT2D eigenvalue weighted by Gasteiger charge is -2.02. The first-order chi connectivity index (χ1) is 6.08. The number of carbonyl (C=O) groups excluding carboxylic acids is 1. The van der Waals surface area contributed by atoms with E-state index in [1.54, 1.807) is 13.0 Å². The van der Waals surface area contributed by atoms with E-state index in [9.17, 15) is 4.79 Å². The van der Waals surface area contributed by atoms with Crippen LogP contribution in [0, 0.1) is 12.8 Å². The first-order valence-electron chi connectivity index (χ1n) is 4.31. The Morgan fingerprint density at radius 3 is 2.85 bits per heavy atom. The van der Waals surface area contributed by atoms with Crippen molar-refractivity contribution in [2.24, 2.45) is 5.92 Å². The molecule has 1 rings (SSSR count). The summed E-state index contributed by atoms with van der Waals surface area (Å²) in [6.07, 6.45) is 0.506. The normalized spacial score (nSPS) is 10.5. The van der Waals surface area contributed by atoms with Gasteiger partial charge < -0.3 is 9.84 Å². The van der Waals surface area contributed by atoms with Crippen molar-refractivity contribution in [2.45, 2.75) is 27.2 Å². The van der Waals surface area contributed by atoms with Crippen LogP contribution < -0.4 is 5.32 Å². The molecular weight excluding hydrogens is 168 g/mol. The van der Waals surface area contributed by atoms with Gasteiger partial charge >= 0.3 is 0 Å². The smallest absolute Gasteiger partial charge is 0.225 e. The number of carbonyl (C=O) groups is 1. The molecule has 0 aliphatic heterocycles. The number of aryl methyl sites for hydroxylation is 1. The monoisotopic (exact) mass is 182 g/mol. The van der Waals surface area contributed by atoms with Gasteiger partial charge in [-0.25, -0.2) is 0 Å². The van der Waals surface area contributed by atoms with Crippen molar-refractivity contribution < 1.29 is 9.32 Å². The maximum Gasteiger partial charge on any atom is 0.225 e. The molecule has 72 valence electrons. The van der Waals surface area contributed by atoms with E-state index in [2.05, 4.69) is 10.5 Å². The van der Waals surface area contributed by atoms with Crippen molar-refractivity contribution >= 4 is 11.7 Å². The fourth-order valence-corrected chi connectivity index (χ4v) is 0.990. The highest BCUT2D eigenvalue weighted by Gasteiger charge is 2.07. The fourth-order valence-electron chi connectivity index (χ4n) is 0.990. The molecule has 0 spiro atoms. The highest BCUT2D eigenvalue weighted by Crippen LogP contribution is 2.08. The number of anilines is 1. The van der Waals surface area contributed by atoms with E-state index in [-0.39, 0.29) is 5.91 Å². The number of rotatable bonds is 3. The van der Waals surface area contributed by atoms with E-state index in [0.29, 0.717) is 23.9 Å². The second kappa shape index (κ2) is 4.07. The third-order valence-electron chi connectivity index (χ3n) is 1.49. The van der Waals surface area contributed by atoms with E-state index in [1.165, 1.54) is 0 Å². The zero-order valence-corrected chi connectivity index (χ0v) is 8.13. The number of nitrogens with zero attached hydrogens (tertiary/aromatic N) is 1. The minimum atomic E-state index is -0.0247. The van der Waals surface area contributed by atoms with Gasteiger partial charge in [0, 0.05) is 12.5 Å². The van der Waals surface area contributed by atoms with Crippen molar-refractivity contribution in [1.82, 2.24) is 5.16 Å². The van der Waals surface area contributed by atoms with Gasteiger partial charge in [0.2, 0.25) is 5.91 Å². The van der Waals surface area contributed by atoms with Crippen LogP contribution in [-0.2, 0) is 4.79 Å². The first kappa shape index (κ1) is 9.77. The summed E-state index contributed by atoms with van der Waals surface area (Å²) < 4.78 is 4.81. The lowest BCUT2D eigenvalue weighted by Crippen LogP contribution is -2.13. The fraction of sp³-hybridized carbons (Fsp3) is 0.556. The van der Waals surface area contributed by atoms with Crippen LogP contribution in [0.4, 0.5) is 5.82 Å². The van der Waals surface area contributed by atoms with Crippen LogP contribution in [0.5, 0.6) is 0 Å². The van der Waals surface area contributed by atoms with E-state index >= 15 is 0 Å². The molecule has 0 radical (unpaired) electrons. The molecule has 0 aliphatic carbocycles. The van der Waals surface area contributed by atoms with E-state index in [4.69, 9.17) is 4.52 Å². The SMILES string of the molecule is Cc1cc(NC(=O)CC(C)C)no1. The molecule has 4 heteroatoms. The largest absolute Gasteiger partial charge is 0.360 e. The molecule has 13 heavy (non-hydrogen) atoms. The molecule has 1 aromatic rings. The van der Waals surface area contributed by atoms with Gasteiger partial charge in [0.15, 0.2) is 5.82 Å². The predicted molar refractivity (Wildman–Crippen MR) is 49.3 cm³/mol. The summed E-state index contributed by atoms with van der Waals surface area (Å²) in [7, 11) is 0. The predicted octanol–water partition coefficient (Wildman–Crippen LogP) is 1.97. The van der Waals surface area contributed by atoms with Crippen molar-refractivity contribution in [3.63, 3.8) is 0 Å². The molecule has 0 aliphatic rings. The maximum atomic E-state index is 11.2. The average molecular weight is 182 g/mol. The maximum absolute atomic E-state index is 11.2. The van der Waals surface area contributed by atoms with E-state index < -0.39 is 0 Å². The first-order valence-corrected chi connectivity index (χ1v) is 4.31. The Labute approximate surface area is 77.3 Å². The third kappa shape index (κ3) is 3.27. The Morgan fingerprint density at radius 1 is 1.69 bits per heavy atom. The number of aromatic nitrogens is 1. The van der Waals surface area contributed by atoms with Gasteiger partial charge in [-0.3, -0.25) is 4.79 Å². The van der Waals surface area contributed by atoms with Crippen LogP contribution in [0.25, 0.3) is 0 Å². The second-order valence-electron chi connectivity index (χ2n) is 3.47. The summed E-state index contributed by atoms with van der Waals surface area (Å²) in [6.45, 7) is 5.77. The lowest BCUT2D eigenvalue weighted by atomic mass is 10.1. The lowest BCUT2D eigenvalue weighted by molar-refractivity contribution is -0.116. The molecule has 1 amide bonds. The van der Waals surface area contributed by atoms with Crippen LogP contribution >= 0.6 is 0 Å². The molecule has 1 heterocycles. The van der Waals surface area contributed by atoms with E-state index in [1.807, 2.05) is 13.8 Å². The highest BCUT2D eigenvalue weighted by molar-refractivity contribution is 5.89. The number of hydrogen-bond donors (Lipinski definition) is 1. The van der Waals surface area contributed by atoms with Crippen LogP contribution in [-0.4, -0.2) is 11.1 Å². The Kier molecular flexibility index (Phi) is 3.06. The summed E-state index contributed by atoms with van der Waals surface area (Å²) in [6, 6.07) is 1.69.